The van der Waals surface area contributed by atoms with Crippen molar-refractivity contribution in [2.45, 2.75) is 12.8 Å². The number of methoxy groups -OCH3 is 1. The number of ether oxygens (including phenoxy) is 1. The molecule has 2 N–H and O–H groups in total. The van der Waals surface area contributed by atoms with Crippen LogP contribution in [0.25, 0.3) is 0 Å². The lowest BCUT2D eigenvalue weighted by atomic mass is 10.1. The predicted octanol–water partition coefficient (Wildman–Crippen LogP) is 1.32. The Morgan fingerprint density at radius 2 is 2.33 bits per heavy atom. The van der Waals surface area contributed by atoms with Crippen molar-refractivity contribution in [1.29, 1.82) is 0 Å². The molecule has 6 heteroatoms. The fourth-order valence-corrected chi connectivity index (χ4v) is 1.03. The van der Waals surface area contributed by atoms with Gasteiger partial charge in [0.15, 0.2) is 0 Å². The molecule has 1 aromatic rings. The maximum atomic E-state index is 12.4. The van der Waals surface area contributed by atoms with Gasteiger partial charge in [0.2, 0.25) is 0 Å². The molecule has 15 heavy (non-hydrogen) atoms. The average Bonchev–Trinajstić information content (AvgIpc) is 2.20. The highest BCUT2D eigenvalue weighted by molar-refractivity contribution is 5.72. The third-order valence-corrected chi connectivity index (χ3v) is 1.81. The number of carbonyl (C=O) groups is 1. The van der Waals surface area contributed by atoms with Gasteiger partial charge in [-0.15, -0.1) is 0 Å². The van der Waals surface area contributed by atoms with Crippen LogP contribution in [0.2, 0.25) is 0 Å². The van der Waals surface area contributed by atoms with E-state index in [1.807, 2.05) is 0 Å². The number of carbonyl (C=O) groups excluding carboxylic acids is 1. The first-order valence-corrected chi connectivity index (χ1v) is 4.14. The number of halogens is 2. The Hall–Kier alpha value is -1.72. The van der Waals surface area contributed by atoms with E-state index in [0.717, 1.165) is 12.3 Å². The molecule has 0 aliphatic carbocycles. The normalized spacial score (nSPS) is 10.4. The highest BCUT2D eigenvalue weighted by atomic mass is 19.3. The van der Waals surface area contributed by atoms with E-state index in [-0.39, 0.29) is 23.4 Å². The number of pyridine rings is 1. The van der Waals surface area contributed by atoms with Crippen LogP contribution >= 0.6 is 0 Å². The maximum absolute atomic E-state index is 12.4. The molecule has 0 spiro atoms. The van der Waals surface area contributed by atoms with E-state index in [1.165, 1.54) is 7.11 Å². The fraction of sp³-hybridized carbons (Fsp3) is 0.333. The zero-order valence-electron chi connectivity index (χ0n) is 8.04. The summed E-state index contributed by atoms with van der Waals surface area (Å²) in [5.74, 6) is -0.535. The van der Waals surface area contributed by atoms with Crippen LogP contribution in [0.1, 0.15) is 17.7 Å². The molecule has 0 fully saturated rings. The molecular weight excluding hydrogens is 206 g/mol. The third-order valence-electron chi connectivity index (χ3n) is 1.81. The van der Waals surface area contributed by atoms with Gasteiger partial charge in [0.05, 0.1) is 31.1 Å². The number of anilines is 1. The van der Waals surface area contributed by atoms with Crippen molar-refractivity contribution < 1.29 is 18.3 Å². The van der Waals surface area contributed by atoms with Gasteiger partial charge >= 0.3 is 5.97 Å². The van der Waals surface area contributed by atoms with Crippen LogP contribution in [0.15, 0.2) is 12.3 Å². The molecule has 0 aliphatic heterocycles. The summed E-state index contributed by atoms with van der Waals surface area (Å²) in [6.07, 6.45) is -1.71. The first kappa shape index (κ1) is 11.4. The highest BCUT2D eigenvalue weighted by Gasteiger charge is 2.14. The lowest BCUT2D eigenvalue weighted by Crippen LogP contribution is -2.07. The van der Waals surface area contributed by atoms with Crippen molar-refractivity contribution in [1.82, 2.24) is 4.98 Å². The molecule has 4 nitrogen and oxygen atoms in total. The summed E-state index contributed by atoms with van der Waals surface area (Å²) in [4.78, 5) is 14.6. The summed E-state index contributed by atoms with van der Waals surface area (Å²) in [6.45, 7) is 0. The molecule has 1 aromatic heterocycles. The van der Waals surface area contributed by atoms with Gasteiger partial charge in [-0.05, 0) is 6.07 Å². The van der Waals surface area contributed by atoms with Crippen molar-refractivity contribution in [3.63, 3.8) is 0 Å². The third kappa shape index (κ3) is 2.87. The molecule has 0 unspecified atom stereocenters. The van der Waals surface area contributed by atoms with E-state index in [1.54, 1.807) is 0 Å². The average molecular weight is 216 g/mol. The van der Waals surface area contributed by atoms with Crippen molar-refractivity contribution in [2.75, 3.05) is 12.8 Å². The van der Waals surface area contributed by atoms with Crippen LogP contribution in [-0.2, 0) is 16.0 Å². The van der Waals surface area contributed by atoms with Gasteiger partial charge in [0, 0.05) is 5.56 Å². The van der Waals surface area contributed by atoms with E-state index in [9.17, 15) is 13.6 Å². The second-order valence-corrected chi connectivity index (χ2v) is 2.86. The SMILES string of the molecule is COC(=O)Cc1cc(C(F)F)c(N)cn1. The molecule has 0 radical (unpaired) electrons. The molecule has 0 saturated heterocycles. The molecule has 0 aromatic carbocycles. The van der Waals surface area contributed by atoms with E-state index < -0.39 is 12.4 Å². The summed E-state index contributed by atoms with van der Waals surface area (Å²) in [6, 6.07) is 1.11. The Morgan fingerprint density at radius 3 is 2.87 bits per heavy atom. The van der Waals surface area contributed by atoms with E-state index in [2.05, 4.69) is 9.72 Å². The molecule has 1 heterocycles. The van der Waals surface area contributed by atoms with Gasteiger partial charge in [-0.1, -0.05) is 0 Å². The summed E-state index contributed by atoms with van der Waals surface area (Å²) in [7, 11) is 1.22. The van der Waals surface area contributed by atoms with E-state index in [0.29, 0.717) is 0 Å². The minimum atomic E-state index is -2.68. The topological polar surface area (TPSA) is 65.2 Å². The minimum Gasteiger partial charge on any atom is -0.469 e. The molecule has 1 rings (SSSR count). The number of hydrogen-bond donors (Lipinski definition) is 1. The smallest absolute Gasteiger partial charge is 0.311 e. The molecule has 0 aliphatic rings. The number of aromatic nitrogens is 1. The molecule has 0 amide bonds. The molecule has 0 bridgehead atoms. The van der Waals surface area contributed by atoms with Gasteiger partial charge in [-0.25, -0.2) is 8.78 Å². The van der Waals surface area contributed by atoms with Gasteiger partial charge in [0.25, 0.3) is 6.43 Å². The van der Waals surface area contributed by atoms with E-state index in [4.69, 9.17) is 5.73 Å². The summed E-state index contributed by atoms with van der Waals surface area (Å²) < 4.78 is 29.2. The van der Waals surface area contributed by atoms with Crippen LogP contribution in [0.4, 0.5) is 14.5 Å². The minimum absolute atomic E-state index is 0.0846. The summed E-state index contributed by atoms with van der Waals surface area (Å²) in [5, 5.41) is 0. The monoisotopic (exact) mass is 216 g/mol. The Labute approximate surface area is 85.1 Å². The van der Waals surface area contributed by atoms with Gasteiger partial charge in [0.1, 0.15) is 0 Å². The van der Waals surface area contributed by atoms with Crippen LogP contribution in [0.5, 0.6) is 0 Å². The van der Waals surface area contributed by atoms with Crippen LogP contribution in [0, 0.1) is 0 Å². The largest absolute Gasteiger partial charge is 0.469 e. The van der Waals surface area contributed by atoms with E-state index >= 15 is 0 Å². The fourth-order valence-electron chi connectivity index (χ4n) is 1.03. The Kier molecular flexibility index (Phi) is 3.54. The van der Waals surface area contributed by atoms with Crippen molar-refractivity contribution in [2.24, 2.45) is 0 Å². The number of nitrogens with two attached hydrogens (primary N) is 1. The number of alkyl halides is 2. The molecular formula is C9H10F2N2O2. The Bertz CT molecular complexity index is 369. The van der Waals surface area contributed by atoms with Crippen LogP contribution in [-0.4, -0.2) is 18.1 Å². The zero-order valence-corrected chi connectivity index (χ0v) is 8.04. The molecule has 82 valence electrons. The lowest BCUT2D eigenvalue weighted by molar-refractivity contribution is -0.139. The second kappa shape index (κ2) is 4.68. The predicted molar refractivity (Wildman–Crippen MR) is 49.3 cm³/mol. The van der Waals surface area contributed by atoms with Crippen LogP contribution in [0.3, 0.4) is 0 Å². The zero-order chi connectivity index (χ0) is 11.4. The van der Waals surface area contributed by atoms with Crippen LogP contribution < -0.4 is 5.73 Å². The lowest BCUT2D eigenvalue weighted by Gasteiger charge is -2.06. The van der Waals surface area contributed by atoms with Gasteiger partial charge in [-0.3, -0.25) is 9.78 Å². The van der Waals surface area contributed by atoms with Crippen molar-refractivity contribution in [3.8, 4) is 0 Å². The maximum Gasteiger partial charge on any atom is 0.311 e. The quantitative estimate of drug-likeness (QED) is 0.774. The number of hydrogen-bond acceptors (Lipinski definition) is 4. The Balaban J connectivity index is 2.92. The second-order valence-electron chi connectivity index (χ2n) is 2.86. The number of rotatable bonds is 3. The Morgan fingerprint density at radius 1 is 1.67 bits per heavy atom. The number of nitrogens with zero attached hydrogens (tertiary/aromatic N) is 1. The first-order valence-electron chi connectivity index (χ1n) is 4.14. The standard InChI is InChI=1S/C9H10F2N2O2/c1-15-8(14)3-5-2-6(9(10)11)7(12)4-13-5/h2,4,9H,3,12H2,1H3. The highest BCUT2D eigenvalue weighted by Crippen LogP contribution is 2.24. The first-order chi connectivity index (χ1) is 7.04. The number of esters is 1. The summed E-state index contributed by atoms with van der Waals surface area (Å²) in [5.41, 5.74) is 5.11. The summed E-state index contributed by atoms with van der Waals surface area (Å²) >= 11 is 0. The van der Waals surface area contributed by atoms with Gasteiger partial charge in [-0.2, -0.15) is 0 Å². The molecule has 0 atom stereocenters. The molecule has 0 saturated carbocycles. The van der Waals surface area contributed by atoms with Crippen molar-refractivity contribution in [3.05, 3.63) is 23.5 Å². The van der Waals surface area contributed by atoms with Crippen molar-refractivity contribution >= 4 is 11.7 Å². The number of nitrogen functional groups attached to an aromatic ring is 1. The van der Waals surface area contributed by atoms with Gasteiger partial charge < -0.3 is 10.5 Å².